The highest BCUT2D eigenvalue weighted by atomic mass is 16.5. The van der Waals surface area contributed by atoms with Gasteiger partial charge in [0.2, 0.25) is 5.75 Å². The molecule has 0 radical (unpaired) electrons. The van der Waals surface area contributed by atoms with E-state index in [1.54, 1.807) is 12.1 Å². The largest absolute Gasteiger partial charge is 0.493 e. The first-order valence-electron chi connectivity index (χ1n) is 10.2. The van der Waals surface area contributed by atoms with Crippen molar-refractivity contribution in [3.8, 4) is 17.2 Å². The third-order valence-corrected chi connectivity index (χ3v) is 4.68. The molecule has 7 nitrogen and oxygen atoms in total. The molecule has 0 aromatic heterocycles. The van der Waals surface area contributed by atoms with Gasteiger partial charge in [0.25, 0.3) is 5.91 Å². The van der Waals surface area contributed by atoms with Gasteiger partial charge in [0, 0.05) is 0 Å². The van der Waals surface area contributed by atoms with Crippen molar-refractivity contribution in [2.45, 2.75) is 32.7 Å². The number of rotatable bonds is 11. The van der Waals surface area contributed by atoms with E-state index in [0.717, 1.165) is 12.0 Å². The van der Waals surface area contributed by atoms with Crippen LogP contribution in [-0.4, -0.2) is 39.8 Å². The van der Waals surface area contributed by atoms with Crippen LogP contribution in [0.15, 0.2) is 42.5 Å². The number of hydrogen-bond donors (Lipinski definition) is 1. The third kappa shape index (κ3) is 7.20. The van der Waals surface area contributed by atoms with E-state index >= 15 is 0 Å². The molecule has 0 aliphatic heterocycles. The highest BCUT2D eigenvalue weighted by Crippen LogP contribution is 2.38. The first-order valence-corrected chi connectivity index (χ1v) is 10.2. The molecule has 7 heteroatoms. The van der Waals surface area contributed by atoms with Crippen molar-refractivity contribution in [3.63, 3.8) is 0 Å². The average molecular weight is 430 g/mol. The highest BCUT2D eigenvalue weighted by molar-refractivity contribution is 5.81. The van der Waals surface area contributed by atoms with E-state index in [4.69, 9.17) is 18.9 Å². The minimum Gasteiger partial charge on any atom is -0.493 e. The summed E-state index contributed by atoms with van der Waals surface area (Å²) in [4.78, 5) is 24.7. The molecule has 1 atom stereocenters. The first-order chi connectivity index (χ1) is 14.9. The van der Waals surface area contributed by atoms with Gasteiger partial charge in [0.15, 0.2) is 18.1 Å². The molecule has 0 saturated carbocycles. The number of methoxy groups -OCH3 is 3. The monoisotopic (exact) mass is 429 g/mol. The first kappa shape index (κ1) is 24.1. The van der Waals surface area contributed by atoms with Crippen molar-refractivity contribution in [1.29, 1.82) is 0 Å². The van der Waals surface area contributed by atoms with E-state index in [2.05, 4.69) is 19.2 Å². The van der Waals surface area contributed by atoms with E-state index in [1.165, 1.54) is 21.3 Å². The lowest BCUT2D eigenvalue weighted by atomic mass is 9.97. The summed E-state index contributed by atoms with van der Waals surface area (Å²) in [5, 5.41) is 2.96. The topological polar surface area (TPSA) is 83.1 Å². The lowest BCUT2D eigenvalue weighted by Crippen LogP contribution is -2.33. The quantitative estimate of drug-likeness (QED) is 0.549. The molecule has 2 aromatic carbocycles. The molecular weight excluding hydrogens is 398 g/mol. The summed E-state index contributed by atoms with van der Waals surface area (Å²) in [5.74, 6) is 0.868. The van der Waals surface area contributed by atoms with Crippen LogP contribution in [-0.2, 0) is 20.7 Å². The lowest BCUT2D eigenvalue weighted by Gasteiger charge is -2.21. The second-order valence-electron chi connectivity index (χ2n) is 7.53. The zero-order chi connectivity index (χ0) is 22.8. The molecule has 31 heavy (non-hydrogen) atoms. The number of carbonyl (C=O) groups is 2. The molecule has 0 spiro atoms. The van der Waals surface area contributed by atoms with Crippen molar-refractivity contribution < 1.29 is 28.5 Å². The summed E-state index contributed by atoms with van der Waals surface area (Å²) >= 11 is 0. The Morgan fingerprint density at radius 3 is 2.06 bits per heavy atom. The van der Waals surface area contributed by atoms with Crippen LogP contribution in [0, 0.1) is 5.92 Å². The lowest BCUT2D eigenvalue weighted by molar-refractivity contribution is -0.148. The Labute approximate surface area is 183 Å². The van der Waals surface area contributed by atoms with Crippen LogP contribution >= 0.6 is 0 Å². The number of carbonyl (C=O) groups excluding carboxylic acids is 2. The zero-order valence-corrected chi connectivity index (χ0v) is 18.8. The molecule has 1 N–H and O–H groups in total. The van der Waals surface area contributed by atoms with Crippen molar-refractivity contribution in [1.82, 2.24) is 5.32 Å². The number of benzene rings is 2. The van der Waals surface area contributed by atoms with Gasteiger partial charge in [-0.2, -0.15) is 0 Å². The van der Waals surface area contributed by atoms with E-state index in [0.29, 0.717) is 28.7 Å². The Morgan fingerprint density at radius 1 is 0.935 bits per heavy atom. The highest BCUT2D eigenvalue weighted by Gasteiger charge is 2.18. The fourth-order valence-electron chi connectivity index (χ4n) is 3.27. The molecule has 0 aliphatic carbocycles. The van der Waals surface area contributed by atoms with Crippen molar-refractivity contribution in [2.24, 2.45) is 5.92 Å². The maximum absolute atomic E-state index is 12.4. The van der Waals surface area contributed by atoms with E-state index in [-0.39, 0.29) is 25.0 Å². The Kier molecular flexibility index (Phi) is 9.18. The maximum atomic E-state index is 12.4. The van der Waals surface area contributed by atoms with Gasteiger partial charge in [0.1, 0.15) is 0 Å². The van der Waals surface area contributed by atoms with Crippen LogP contribution < -0.4 is 19.5 Å². The number of ether oxygens (including phenoxy) is 4. The smallest absolute Gasteiger partial charge is 0.310 e. The molecule has 0 bridgehead atoms. The van der Waals surface area contributed by atoms with Gasteiger partial charge in [-0.1, -0.05) is 44.2 Å². The molecule has 2 aromatic rings. The van der Waals surface area contributed by atoms with Gasteiger partial charge in [-0.25, -0.2) is 0 Å². The van der Waals surface area contributed by atoms with Crippen molar-refractivity contribution in [3.05, 3.63) is 53.6 Å². The summed E-state index contributed by atoms with van der Waals surface area (Å²) in [6.07, 6.45) is 0.757. The standard InChI is InChI=1S/C24H31NO6/c1-16(2)11-19(18-9-7-6-8-10-18)25-22(26)15-31-23(27)14-17-12-20(28-3)24(30-5)21(13-17)29-4/h6-10,12-13,16,19H,11,14-15H2,1-5H3,(H,25,26). The molecule has 168 valence electrons. The molecule has 1 unspecified atom stereocenters. The fourth-order valence-corrected chi connectivity index (χ4v) is 3.27. The number of esters is 1. The second kappa shape index (κ2) is 11.8. The van der Waals surface area contributed by atoms with Crippen LogP contribution in [0.2, 0.25) is 0 Å². The Bertz CT molecular complexity index is 841. The molecule has 0 heterocycles. The predicted molar refractivity (Wildman–Crippen MR) is 118 cm³/mol. The number of amides is 1. The van der Waals surface area contributed by atoms with E-state index in [1.807, 2.05) is 30.3 Å². The third-order valence-electron chi connectivity index (χ3n) is 4.68. The van der Waals surface area contributed by atoms with Crippen LogP contribution in [0.1, 0.15) is 37.4 Å². The zero-order valence-electron chi connectivity index (χ0n) is 18.8. The van der Waals surface area contributed by atoms with Gasteiger partial charge < -0.3 is 24.3 Å². The molecule has 0 saturated heterocycles. The number of hydrogen-bond acceptors (Lipinski definition) is 6. The molecule has 0 aliphatic rings. The molecule has 2 rings (SSSR count). The SMILES string of the molecule is COc1cc(CC(=O)OCC(=O)NC(CC(C)C)c2ccccc2)cc(OC)c1OC. The van der Waals surface area contributed by atoms with Crippen LogP contribution in [0.3, 0.4) is 0 Å². The molecule has 1 amide bonds. The van der Waals surface area contributed by atoms with Crippen LogP contribution in [0.4, 0.5) is 0 Å². The van der Waals surface area contributed by atoms with E-state index in [9.17, 15) is 9.59 Å². The van der Waals surface area contributed by atoms with Crippen molar-refractivity contribution in [2.75, 3.05) is 27.9 Å². The minimum absolute atomic E-state index is 0.0297. The van der Waals surface area contributed by atoms with Gasteiger partial charge in [0.05, 0.1) is 33.8 Å². The fraction of sp³-hybridized carbons (Fsp3) is 0.417. The Hall–Kier alpha value is -3.22. The predicted octanol–water partition coefficient (Wildman–Crippen LogP) is 3.70. The van der Waals surface area contributed by atoms with Gasteiger partial charge in [-0.3, -0.25) is 9.59 Å². The molecule has 0 fully saturated rings. The summed E-state index contributed by atoms with van der Waals surface area (Å²) < 4.78 is 21.1. The van der Waals surface area contributed by atoms with Crippen LogP contribution in [0.5, 0.6) is 17.2 Å². The number of nitrogens with one attached hydrogen (secondary N) is 1. The molecular formula is C24H31NO6. The summed E-state index contributed by atoms with van der Waals surface area (Å²) in [5.41, 5.74) is 1.65. The Balaban J connectivity index is 1.96. The van der Waals surface area contributed by atoms with Gasteiger partial charge in [-0.05, 0) is 35.6 Å². The van der Waals surface area contributed by atoms with E-state index < -0.39 is 5.97 Å². The average Bonchev–Trinajstić information content (AvgIpc) is 2.76. The van der Waals surface area contributed by atoms with Gasteiger partial charge in [-0.15, -0.1) is 0 Å². The maximum Gasteiger partial charge on any atom is 0.310 e. The Morgan fingerprint density at radius 2 is 1.55 bits per heavy atom. The van der Waals surface area contributed by atoms with Crippen LogP contribution in [0.25, 0.3) is 0 Å². The van der Waals surface area contributed by atoms with Crippen molar-refractivity contribution >= 4 is 11.9 Å². The minimum atomic E-state index is -0.524. The normalized spacial score (nSPS) is 11.5. The summed E-state index contributed by atoms with van der Waals surface area (Å²) in [6, 6.07) is 13.0. The van der Waals surface area contributed by atoms with Gasteiger partial charge >= 0.3 is 5.97 Å². The summed E-state index contributed by atoms with van der Waals surface area (Å²) in [6.45, 7) is 3.85. The second-order valence-corrected chi connectivity index (χ2v) is 7.53. The summed E-state index contributed by atoms with van der Waals surface area (Å²) in [7, 11) is 4.52.